The van der Waals surface area contributed by atoms with E-state index in [1.165, 1.54) is 11.9 Å². The van der Waals surface area contributed by atoms with Gasteiger partial charge in [-0.25, -0.2) is 4.72 Å². The Morgan fingerprint density at radius 3 is 2.37 bits per heavy atom. The summed E-state index contributed by atoms with van der Waals surface area (Å²) in [5.41, 5.74) is 1.08. The zero-order chi connectivity index (χ0) is 22.5. The maximum absolute atomic E-state index is 10.3. The van der Waals surface area contributed by atoms with Gasteiger partial charge in [-0.3, -0.25) is 9.93 Å². The molecule has 0 saturated heterocycles. The molecule has 2 rings (SSSR count). The maximum Gasteiger partial charge on any atom is 0.294 e. The number of fused-ring (bicyclic) bond motifs is 1. The van der Waals surface area contributed by atoms with E-state index in [0.29, 0.717) is 17.6 Å². The molecule has 0 aliphatic carbocycles. The van der Waals surface area contributed by atoms with Gasteiger partial charge in [0.15, 0.2) is 0 Å². The van der Waals surface area contributed by atoms with Gasteiger partial charge in [-0.15, -0.1) is 20.2 Å². The Kier molecular flexibility index (Phi) is 12.0. The highest BCUT2D eigenvalue weighted by atomic mass is 35.5. The van der Waals surface area contributed by atoms with Gasteiger partial charge in [-0.2, -0.15) is 0 Å². The van der Waals surface area contributed by atoms with Crippen LogP contribution in [0.5, 0.6) is 0 Å². The molecule has 16 heteroatoms. The van der Waals surface area contributed by atoms with Gasteiger partial charge in [0.05, 0.1) is 16.9 Å². The quantitative estimate of drug-likeness (QED) is 0.180. The third-order valence-electron chi connectivity index (χ3n) is 3.51. The second-order valence-electron chi connectivity index (χ2n) is 5.48. The average molecular weight is 485 g/mol. The number of hydrogen-bond donors (Lipinski definition) is 3. The molecule has 0 aromatic heterocycles. The van der Waals surface area contributed by atoms with Gasteiger partial charge in [0.25, 0.3) is 10.2 Å². The van der Waals surface area contributed by atoms with Crippen molar-refractivity contribution in [3.63, 3.8) is 0 Å². The van der Waals surface area contributed by atoms with Crippen LogP contribution in [0.4, 0.5) is 5.69 Å². The van der Waals surface area contributed by atoms with Gasteiger partial charge in [0, 0.05) is 22.9 Å². The summed E-state index contributed by atoms with van der Waals surface area (Å²) in [5, 5.41) is 27.1. The standard InChI is InChI=1S/C9H12ClN3S2.C5H9N3O7/c1-2-9-12-6-3-5(10)7(14-11)4-8(6)15-13-9;9-5-6(1-3-14-7(10)11)2-4-15-8(12)13/h3-4,9,12-13H,2,11H2,1H3;5H,1-4H2. The Hall–Kier alpha value is -2.20. The summed E-state index contributed by atoms with van der Waals surface area (Å²) in [6.45, 7) is 1.48. The van der Waals surface area contributed by atoms with Crippen LogP contribution in [0.2, 0.25) is 5.02 Å². The molecule has 1 aromatic carbocycles. The number of nitrogens with one attached hydrogen (secondary N) is 2. The molecular weight excluding hydrogens is 464 g/mol. The van der Waals surface area contributed by atoms with E-state index in [4.69, 9.17) is 16.7 Å². The Morgan fingerprint density at radius 2 is 1.90 bits per heavy atom. The van der Waals surface area contributed by atoms with Crippen LogP contribution in [-0.2, 0) is 14.5 Å². The SMILES string of the molecule is CCC1NSc2cc(SN)c(Cl)cc2N1.O=CN(CCO[N+](=O)[O-])CCO[N+](=O)[O-]. The molecule has 1 amide bonds. The lowest BCUT2D eigenvalue weighted by Gasteiger charge is -2.27. The van der Waals surface area contributed by atoms with Crippen LogP contribution in [0.25, 0.3) is 0 Å². The van der Waals surface area contributed by atoms with Crippen molar-refractivity contribution in [2.45, 2.75) is 29.3 Å². The van der Waals surface area contributed by atoms with Crippen molar-refractivity contribution >= 4 is 47.6 Å². The van der Waals surface area contributed by atoms with Crippen molar-refractivity contribution in [3.8, 4) is 0 Å². The summed E-state index contributed by atoms with van der Waals surface area (Å²) < 4.78 is 3.31. The van der Waals surface area contributed by atoms with Crippen molar-refractivity contribution in [2.24, 2.45) is 5.14 Å². The Bertz CT molecular complexity index is 712. The van der Waals surface area contributed by atoms with Gasteiger partial charge in [-0.05, 0) is 42.4 Å². The first-order chi connectivity index (χ1) is 14.3. The van der Waals surface area contributed by atoms with E-state index in [-0.39, 0.29) is 26.3 Å². The highest BCUT2D eigenvalue weighted by molar-refractivity contribution is 7.98. The fourth-order valence-corrected chi connectivity index (χ4v) is 3.67. The van der Waals surface area contributed by atoms with Crippen LogP contribution < -0.4 is 15.2 Å². The second-order valence-corrected chi connectivity index (χ2v) is 7.44. The molecule has 1 atom stereocenters. The molecule has 13 nitrogen and oxygen atoms in total. The van der Waals surface area contributed by atoms with Crippen LogP contribution in [0.3, 0.4) is 0 Å². The van der Waals surface area contributed by atoms with E-state index in [0.717, 1.165) is 26.8 Å². The average Bonchev–Trinajstić information content (AvgIpc) is 2.71. The fourth-order valence-electron chi connectivity index (χ4n) is 2.04. The molecule has 1 aliphatic rings. The first-order valence-corrected chi connectivity index (χ1v) is 10.5. The highest BCUT2D eigenvalue weighted by Crippen LogP contribution is 2.37. The lowest BCUT2D eigenvalue weighted by Crippen LogP contribution is -2.34. The van der Waals surface area contributed by atoms with E-state index in [1.807, 2.05) is 12.1 Å². The number of anilines is 1. The normalized spacial score (nSPS) is 14.3. The molecule has 0 radical (unpaired) electrons. The minimum absolute atomic E-state index is 0.0362. The minimum atomic E-state index is -0.990. The van der Waals surface area contributed by atoms with Crippen molar-refractivity contribution in [2.75, 3.05) is 31.6 Å². The monoisotopic (exact) mass is 484 g/mol. The van der Waals surface area contributed by atoms with E-state index >= 15 is 0 Å². The fraction of sp³-hybridized carbons (Fsp3) is 0.500. The molecule has 0 saturated carbocycles. The smallest absolute Gasteiger partial charge is 0.294 e. The van der Waals surface area contributed by atoms with Crippen LogP contribution >= 0.6 is 35.5 Å². The molecule has 1 aromatic rings. The zero-order valence-corrected chi connectivity index (χ0v) is 18.2. The van der Waals surface area contributed by atoms with Gasteiger partial charge < -0.3 is 19.9 Å². The number of amides is 1. The van der Waals surface area contributed by atoms with Gasteiger partial charge in [0.2, 0.25) is 6.41 Å². The molecule has 1 heterocycles. The highest BCUT2D eigenvalue weighted by Gasteiger charge is 2.18. The molecule has 30 heavy (non-hydrogen) atoms. The number of halogens is 1. The van der Waals surface area contributed by atoms with Crippen LogP contribution in [0.15, 0.2) is 21.9 Å². The molecule has 168 valence electrons. The number of nitrogens with two attached hydrogens (primary N) is 1. The topological polar surface area (TPSA) is 175 Å². The number of nitrogens with zero attached hydrogens (tertiary/aromatic N) is 3. The summed E-state index contributed by atoms with van der Waals surface area (Å²) in [6.07, 6.45) is 1.72. The predicted octanol–water partition coefficient (Wildman–Crippen LogP) is 1.93. The molecule has 0 spiro atoms. The van der Waals surface area contributed by atoms with Crippen LogP contribution in [0, 0.1) is 20.2 Å². The minimum Gasteiger partial charge on any atom is -0.368 e. The first kappa shape index (κ1) is 25.8. The maximum atomic E-state index is 10.3. The number of carbonyl (C=O) groups excluding carboxylic acids is 1. The summed E-state index contributed by atoms with van der Waals surface area (Å²) in [5.74, 6) is 0. The Balaban J connectivity index is 0.000000300. The number of benzene rings is 1. The van der Waals surface area contributed by atoms with Gasteiger partial charge in [0.1, 0.15) is 13.2 Å². The second kappa shape index (κ2) is 13.9. The van der Waals surface area contributed by atoms with E-state index in [2.05, 4.69) is 26.6 Å². The summed E-state index contributed by atoms with van der Waals surface area (Å²) in [7, 11) is 0. The third kappa shape index (κ3) is 9.53. The predicted molar refractivity (Wildman–Crippen MR) is 112 cm³/mol. The van der Waals surface area contributed by atoms with E-state index in [1.54, 1.807) is 11.9 Å². The van der Waals surface area contributed by atoms with Crippen molar-refractivity contribution in [1.82, 2.24) is 9.62 Å². The van der Waals surface area contributed by atoms with Gasteiger partial charge in [-0.1, -0.05) is 18.5 Å². The number of carbonyl (C=O) groups is 1. The largest absolute Gasteiger partial charge is 0.368 e. The van der Waals surface area contributed by atoms with Crippen LogP contribution in [0.1, 0.15) is 13.3 Å². The Labute approximate surface area is 185 Å². The zero-order valence-electron chi connectivity index (χ0n) is 15.8. The molecule has 0 fully saturated rings. The molecule has 0 bridgehead atoms. The number of hydrogen-bond acceptors (Lipinski definition) is 12. The van der Waals surface area contributed by atoms with Gasteiger partial charge >= 0.3 is 0 Å². The van der Waals surface area contributed by atoms with E-state index < -0.39 is 10.2 Å². The molecular formula is C14H21ClN6O7S2. The first-order valence-electron chi connectivity index (χ1n) is 8.43. The molecule has 1 unspecified atom stereocenters. The Morgan fingerprint density at radius 1 is 1.30 bits per heavy atom. The summed E-state index contributed by atoms with van der Waals surface area (Å²) in [4.78, 5) is 40.8. The number of rotatable bonds is 11. The third-order valence-corrected chi connectivity index (χ3v) is 5.49. The lowest BCUT2D eigenvalue weighted by molar-refractivity contribution is -0.758. The summed E-state index contributed by atoms with van der Waals surface area (Å²) >= 11 is 8.88. The van der Waals surface area contributed by atoms with Crippen LogP contribution in [-0.4, -0.2) is 54.0 Å². The molecule has 4 N–H and O–H groups in total. The molecule has 1 aliphatic heterocycles. The van der Waals surface area contributed by atoms with Crippen molar-refractivity contribution in [1.29, 1.82) is 0 Å². The lowest BCUT2D eigenvalue weighted by atomic mass is 10.3. The van der Waals surface area contributed by atoms with Crippen molar-refractivity contribution in [3.05, 3.63) is 37.4 Å². The van der Waals surface area contributed by atoms with E-state index in [9.17, 15) is 25.0 Å². The van der Waals surface area contributed by atoms with Crippen molar-refractivity contribution < 1.29 is 24.6 Å². The summed E-state index contributed by atoms with van der Waals surface area (Å²) in [6, 6.07) is 3.93.